The maximum atomic E-state index is 13.2. The Hall–Kier alpha value is -2.57. The highest BCUT2D eigenvalue weighted by molar-refractivity contribution is 5.97. The number of fused-ring (bicyclic) bond motifs is 1. The first-order valence-electron chi connectivity index (χ1n) is 8.83. The molecule has 0 aliphatic carbocycles. The number of benzene rings is 2. The molecule has 3 unspecified atom stereocenters. The lowest BCUT2D eigenvalue weighted by molar-refractivity contribution is -0.121. The topological polar surface area (TPSA) is 62.8 Å². The summed E-state index contributed by atoms with van der Waals surface area (Å²) >= 11 is 0. The Kier molecular flexibility index (Phi) is 4.53. The minimum atomic E-state index is -0.165. The number of piperidine rings is 1. The second-order valence-electron chi connectivity index (χ2n) is 6.61. The van der Waals surface area contributed by atoms with Gasteiger partial charge in [0.2, 0.25) is 5.91 Å². The number of hydrogen-bond acceptors (Lipinski definition) is 5. The summed E-state index contributed by atoms with van der Waals surface area (Å²) in [6.07, 6.45) is 0.821. The molecule has 0 radical (unpaired) electrons. The maximum absolute atomic E-state index is 13.2. The standard InChI is InChI=1S/C20H23N3O3/c1-25-16-9-8-13(12-17(16)26-2)15-10-11-21-19-18(15)20(24)23(22-19)14-6-4-3-5-7-14/h3-9,12,15,18-19,21-22H,10-11H2,1-2H3. The van der Waals surface area contributed by atoms with E-state index in [1.807, 2.05) is 48.5 Å². The Labute approximate surface area is 153 Å². The van der Waals surface area contributed by atoms with Crippen LogP contribution in [0.15, 0.2) is 48.5 Å². The van der Waals surface area contributed by atoms with Gasteiger partial charge < -0.3 is 9.47 Å². The predicted octanol–water partition coefficient (Wildman–Crippen LogP) is 2.27. The van der Waals surface area contributed by atoms with E-state index in [4.69, 9.17) is 9.47 Å². The third kappa shape index (κ3) is 2.81. The van der Waals surface area contributed by atoms with Gasteiger partial charge in [-0.2, -0.15) is 0 Å². The molecule has 0 spiro atoms. The number of anilines is 1. The van der Waals surface area contributed by atoms with Crippen LogP contribution in [-0.2, 0) is 4.79 Å². The van der Waals surface area contributed by atoms with Gasteiger partial charge in [0.15, 0.2) is 11.5 Å². The van der Waals surface area contributed by atoms with Crippen LogP contribution < -0.4 is 25.2 Å². The van der Waals surface area contributed by atoms with Crippen molar-refractivity contribution in [2.45, 2.75) is 18.5 Å². The molecule has 2 aliphatic heterocycles. The molecule has 0 bridgehead atoms. The molecule has 2 N–H and O–H groups in total. The molecule has 4 rings (SSSR count). The molecule has 1 amide bonds. The third-order valence-corrected chi connectivity index (χ3v) is 5.24. The minimum Gasteiger partial charge on any atom is -0.493 e. The van der Waals surface area contributed by atoms with E-state index in [-0.39, 0.29) is 23.9 Å². The summed E-state index contributed by atoms with van der Waals surface area (Å²) in [5.74, 6) is 1.44. The molecule has 2 fully saturated rings. The molecule has 2 saturated heterocycles. The van der Waals surface area contributed by atoms with E-state index in [2.05, 4.69) is 10.7 Å². The molecule has 2 aromatic rings. The van der Waals surface area contributed by atoms with Gasteiger partial charge in [0.1, 0.15) is 0 Å². The molecule has 136 valence electrons. The lowest BCUT2D eigenvalue weighted by Gasteiger charge is -2.32. The van der Waals surface area contributed by atoms with E-state index in [1.54, 1.807) is 19.2 Å². The fraction of sp³-hybridized carbons (Fsp3) is 0.350. The van der Waals surface area contributed by atoms with E-state index >= 15 is 0 Å². The summed E-state index contributed by atoms with van der Waals surface area (Å²) in [7, 11) is 3.26. The van der Waals surface area contributed by atoms with Gasteiger partial charge in [-0.15, -0.1) is 0 Å². The number of nitrogens with zero attached hydrogens (tertiary/aromatic N) is 1. The highest BCUT2D eigenvalue weighted by Gasteiger charge is 2.47. The van der Waals surface area contributed by atoms with Crippen LogP contribution in [-0.4, -0.2) is 32.8 Å². The Balaban J connectivity index is 1.65. The van der Waals surface area contributed by atoms with E-state index in [0.29, 0.717) is 11.5 Å². The number of nitrogens with one attached hydrogen (secondary N) is 2. The van der Waals surface area contributed by atoms with Crippen LogP contribution in [0, 0.1) is 5.92 Å². The van der Waals surface area contributed by atoms with Crippen molar-refractivity contribution in [3.05, 3.63) is 54.1 Å². The molecule has 6 nitrogen and oxygen atoms in total. The zero-order valence-corrected chi connectivity index (χ0v) is 14.9. The second-order valence-corrected chi connectivity index (χ2v) is 6.61. The fourth-order valence-corrected chi connectivity index (χ4v) is 3.96. The molecule has 0 aromatic heterocycles. The number of hydrogen-bond donors (Lipinski definition) is 2. The molecule has 2 aliphatic rings. The van der Waals surface area contributed by atoms with Gasteiger partial charge in [-0.25, -0.2) is 10.4 Å². The number of hydrazine groups is 1. The van der Waals surface area contributed by atoms with Crippen LogP contribution in [0.1, 0.15) is 17.9 Å². The van der Waals surface area contributed by atoms with Crippen molar-refractivity contribution in [1.29, 1.82) is 0 Å². The first kappa shape index (κ1) is 16.9. The largest absolute Gasteiger partial charge is 0.493 e. The Morgan fingerprint density at radius 3 is 2.54 bits per heavy atom. The molecule has 0 saturated carbocycles. The lowest BCUT2D eigenvalue weighted by Crippen LogP contribution is -2.50. The highest BCUT2D eigenvalue weighted by Crippen LogP contribution is 2.40. The molecule has 26 heavy (non-hydrogen) atoms. The number of carbonyl (C=O) groups excluding carboxylic acids is 1. The van der Waals surface area contributed by atoms with Crippen molar-refractivity contribution < 1.29 is 14.3 Å². The van der Waals surface area contributed by atoms with Crippen molar-refractivity contribution in [2.75, 3.05) is 25.8 Å². The summed E-state index contributed by atoms with van der Waals surface area (Å²) in [6, 6.07) is 15.6. The van der Waals surface area contributed by atoms with Crippen LogP contribution in [0.25, 0.3) is 0 Å². The van der Waals surface area contributed by atoms with Gasteiger partial charge in [0, 0.05) is 0 Å². The van der Waals surface area contributed by atoms with E-state index in [1.165, 1.54) is 0 Å². The van der Waals surface area contributed by atoms with Gasteiger partial charge in [-0.05, 0) is 48.7 Å². The Morgan fingerprint density at radius 2 is 1.81 bits per heavy atom. The van der Waals surface area contributed by atoms with E-state index in [9.17, 15) is 4.79 Å². The minimum absolute atomic E-state index is 0.0745. The van der Waals surface area contributed by atoms with Crippen molar-refractivity contribution in [1.82, 2.24) is 10.7 Å². The van der Waals surface area contributed by atoms with Gasteiger partial charge in [0.05, 0.1) is 32.0 Å². The van der Waals surface area contributed by atoms with Gasteiger partial charge in [-0.3, -0.25) is 10.1 Å². The molecular formula is C20H23N3O3. The van der Waals surface area contributed by atoms with Gasteiger partial charge in [-0.1, -0.05) is 24.3 Å². The van der Waals surface area contributed by atoms with Crippen LogP contribution in [0.2, 0.25) is 0 Å². The smallest absolute Gasteiger partial charge is 0.248 e. The molecular weight excluding hydrogens is 330 g/mol. The number of amides is 1. The number of methoxy groups -OCH3 is 2. The molecule has 2 aromatic carbocycles. The number of rotatable bonds is 4. The third-order valence-electron chi connectivity index (χ3n) is 5.24. The second kappa shape index (κ2) is 6.97. The Bertz CT molecular complexity index is 796. The van der Waals surface area contributed by atoms with E-state index in [0.717, 1.165) is 24.2 Å². The summed E-state index contributed by atoms with van der Waals surface area (Å²) in [5, 5.41) is 5.10. The quantitative estimate of drug-likeness (QED) is 0.883. The van der Waals surface area contributed by atoms with Crippen molar-refractivity contribution in [3.8, 4) is 11.5 Å². The van der Waals surface area contributed by atoms with Crippen LogP contribution >= 0.6 is 0 Å². The fourth-order valence-electron chi connectivity index (χ4n) is 3.96. The SMILES string of the molecule is COc1ccc(C2CCNC3NN(c4ccccc4)C(=O)C32)cc1OC. The zero-order valence-electron chi connectivity index (χ0n) is 14.9. The van der Waals surface area contributed by atoms with Crippen molar-refractivity contribution in [2.24, 2.45) is 5.92 Å². The lowest BCUT2D eigenvalue weighted by atomic mass is 9.79. The molecule has 3 atom stereocenters. The summed E-state index contributed by atoms with van der Waals surface area (Å²) in [6.45, 7) is 0.850. The number of para-hydroxylation sites is 1. The summed E-state index contributed by atoms with van der Waals surface area (Å²) < 4.78 is 10.8. The first-order valence-corrected chi connectivity index (χ1v) is 8.83. The molecule has 6 heteroatoms. The number of carbonyl (C=O) groups is 1. The monoisotopic (exact) mass is 353 g/mol. The van der Waals surface area contributed by atoms with Gasteiger partial charge in [0.25, 0.3) is 0 Å². The average Bonchev–Trinajstić information content (AvgIpc) is 3.05. The molecule has 2 heterocycles. The zero-order chi connectivity index (χ0) is 18.1. The van der Waals surface area contributed by atoms with Crippen LogP contribution in [0.4, 0.5) is 5.69 Å². The van der Waals surface area contributed by atoms with E-state index < -0.39 is 0 Å². The van der Waals surface area contributed by atoms with Crippen molar-refractivity contribution in [3.63, 3.8) is 0 Å². The summed E-state index contributed by atoms with van der Waals surface area (Å²) in [5.41, 5.74) is 5.29. The highest BCUT2D eigenvalue weighted by atomic mass is 16.5. The van der Waals surface area contributed by atoms with Gasteiger partial charge >= 0.3 is 0 Å². The normalized spacial score (nSPS) is 25.1. The first-order chi connectivity index (χ1) is 12.7. The van der Waals surface area contributed by atoms with Crippen molar-refractivity contribution >= 4 is 11.6 Å². The van der Waals surface area contributed by atoms with Crippen LogP contribution in [0.5, 0.6) is 11.5 Å². The number of ether oxygens (including phenoxy) is 2. The average molecular weight is 353 g/mol. The van der Waals surface area contributed by atoms with Crippen LogP contribution in [0.3, 0.4) is 0 Å². The Morgan fingerprint density at radius 1 is 1.04 bits per heavy atom. The summed E-state index contributed by atoms with van der Waals surface area (Å²) in [4.78, 5) is 13.2. The maximum Gasteiger partial charge on any atom is 0.248 e. The predicted molar refractivity (Wildman–Crippen MR) is 99.2 cm³/mol.